The smallest absolute Gasteiger partial charge is 0.119 e. The molecule has 2 aliphatic carbocycles. The molecule has 3 aromatic carbocycles. The van der Waals surface area contributed by atoms with Gasteiger partial charge in [-0.15, -0.1) is 0 Å². The van der Waals surface area contributed by atoms with E-state index < -0.39 is 0 Å². The highest BCUT2D eigenvalue weighted by Gasteiger charge is 2.24. The average Bonchev–Trinajstić information content (AvgIpc) is 3.36. The first kappa shape index (κ1) is 18.9. The molecule has 3 aromatic rings. The number of fused-ring (bicyclic) bond motifs is 2. The minimum absolute atomic E-state index is 0.179. The van der Waals surface area contributed by atoms with E-state index >= 15 is 0 Å². The number of hydrogen-bond acceptors (Lipinski definition) is 1. The van der Waals surface area contributed by atoms with Crippen molar-refractivity contribution in [2.45, 2.75) is 38.2 Å². The van der Waals surface area contributed by atoms with Gasteiger partial charge in [-0.3, -0.25) is 0 Å². The fraction of sp³-hybridized carbons (Fsp3) is 0.241. The molecule has 0 aromatic heterocycles. The van der Waals surface area contributed by atoms with Crippen LogP contribution in [-0.4, -0.2) is 6.10 Å². The molecule has 0 N–H and O–H groups in total. The molecule has 0 saturated carbocycles. The van der Waals surface area contributed by atoms with Gasteiger partial charge >= 0.3 is 0 Å². The van der Waals surface area contributed by atoms with E-state index in [4.69, 9.17) is 4.74 Å². The second-order valence-electron chi connectivity index (χ2n) is 8.77. The average molecular weight is 393 g/mol. The minimum Gasteiger partial charge on any atom is -0.490 e. The van der Waals surface area contributed by atoms with E-state index in [0.29, 0.717) is 5.92 Å². The van der Waals surface area contributed by atoms with Crippen LogP contribution in [0.3, 0.4) is 0 Å². The molecule has 30 heavy (non-hydrogen) atoms. The molecule has 0 bridgehead atoms. The van der Waals surface area contributed by atoms with E-state index in [1.807, 2.05) is 0 Å². The molecule has 5 rings (SSSR count). The molecule has 0 fully saturated rings. The first-order valence-corrected chi connectivity index (χ1v) is 10.9. The van der Waals surface area contributed by atoms with Gasteiger partial charge in [0.05, 0.1) is 0 Å². The molecular weight excluding hydrogens is 364 g/mol. The maximum absolute atomic E-state index is 6.27. The molecule has 0 unspecified atom stereocenters. The monoisotopic (exact) mass is 392 g/mol. The highest BCUT2D eigenvalue weighted by molar-refractivity contribution is 5.69. The van der Waals surface area contributed by atoms with Gasteiger partial charge in [0, 0.05) is 18.4 Å². The quantitative estimate of drug-likeness (QED) is 0.426. The van der Waals surface area contributed by atoms with Crippen LogP contribution in [0.5, 0.6) is 0 Å². The predicted molar refractivity (Wildman–Crippen MR) is 125 cm³/mol. The lowest BCUT2D eigenvalue weighted by Gasteiger charge is -2.17. The zero-order valence-electron chi connectivity index (χ0n) is 17.4. The summed E-state index contributed by atoms with van der Waals surface area (Å²) in [4.78, 5) is 0. The Morgan fingerprint density at radius 3 is 1.83 bits per heavy atom. The molecule has 150 valence electrons. The van der Waals surface area contributed by atoms with Gasteiger partial charge in [0.25, 0.3) is 0 Å². The Labute approximate surface area is 179 Å². The summed E-state index contributed by atoms with van der Waals surface area (Å²) >= 11 is 0. The van der Waals surface area contributed by atoms with Crippen LogP contribution in [0.15, 0.2) is 86.0 Å². The zero-order chi connectivity index (χ0) is 20.5. The third kappa shape index (κ3) is 3.85. The van der Waals surface area contributed by atoms with Gasteiger partial charge in [-0.05, 0) is 64.6 Å². The Bertz CT molecular complexity index is 972. The zero-order valence-corrected chi connectivity index (χ0v) is 17.4. The lowest BCUT2D eigenvalue weighted by atomic mass is 9.92. The fourth-order valence-corrected chi connectivity index (χ4v) is 5.04. The summed E-state index contributed by atoms with van der Waals surface area (Å²) in [5, 5.41) is 0. The van der Waals surface area contributed by atoms with Crippen LogP contribution in [0.2, 0.25) is 0 Å². The van der Waals surface area contributed by atoms with Crippen molar-refractivity contribution in [2.75, 3.05) is 0 Å². The fourth-order valence-electron chi connectivity index (χ4n) is 5.04. The molecule has 1 heteroatoms. The summed E-state index contributed by atoms with van der Waals surface area (Å²) in [6.45, 7) is 8.64. The number of hydrogen-bond donors (Lipinski definition) is 0. The molecule has 0 radical (unpaired) electrons. The maximum Gasteiger partial charge on any atom is 0.119 e. The van der Waals surface area contributed by atoms with Crippen molar-refractivity contribution < 1.29 is 4.74 Å². The lowest BCUT2D eigenvalue weighted by molar-refractivity contribution is 0.178. The van der Waals surface area contributed by atoms with Crippen LogP contribution in [0, 0.1) is 5.92 Å². The molecule has 0 atom stereocenters. The van der Waals surface area contributed by atoms with Crippen molar-refractivity contribution in [2.24, 2.45) is 5.92 Å². The highest BCUT2D eigenvalue weighted by atomic mass is 16.5. The molecule has 0 amide bonds. The molecule has 0 aliphatic heterocycles. The second kappa shape index (κ2) is 7.99. The van der Waals surface area contributed by atoms with E-state index in [9.17, 15) is 0 Å². The van der Waals surface area contributed by atoms with Crippen molar-refractivity contribution in [1.82, 2.24) is 0 Å². The number of allylic oxidation sites excluding steroid dienone is 1. The Hall–Kier alpha value is -3.06. The summed E-state index contributed by atoms with van der Waals surface area (Å²) in [5.74, 6) is 1.41. The molecule has 0 saturated heterocycles. The molecule has 1 nitrogen and oxygen atoms in total. The van der Waals surface area contributed by atoms with E-state index in [2.05, 4.69) is 86.0 Å². The maximum atomic E-state index is 6.27. The van der Waals surface area contributed by atoms with Crippen molar-refractivity contribution >= 4 is 11.3 Å². The largest absolute Gasteiger partial charge is 0.490 e. The van der Waals surface area contributed by atoms with E-state index in [1.165, 1.54) is 33.4 Å². The van der Waals surface area contributed by atoms with Crippen LogP contribution < -0.4 is 0 Å². The summed E-state index contributed by atoms with van der Waals surface area (Å²) in [6.07, 6.45) is 5.45. The van der Waals surface area contributed by atoms with Gasteiger partial charge in [0.1, 0.15) is 11.9 Å². The molecule has 0 heterocycles. The number of ether oxygens (including phenoxy) is 1. The summed E-state index contributed by atoms with van der Waals surface area (Å²) in [7, 11) is 0. The summed E-state index contributed by atoms with van der Waals surface area (Å²) < 4.78 is 6.27. The normalized spacial score (nSPS) is 15.6. The Morgan fingerprint density at radius 1 is 0.700 bits per heavy atom. The minimum atomic E-state index is 0.179. The summed E-state index contributed by atoms with van der Waals surface area (Å²) in [6, 6.07) is 26.0. The second-order valence-corrected chi connectivity index (χ2v) is 8.77. The SMILES string of the molecule is C=C(CC1Cc2ccccc2C1)c1cccc(C(=C)OC2Cc3ccccc3C2)c1. The van der Waals surface area contributed by atoms with Gasteiger partial charge in [0.2, 0.25) is 0 Å². The highest BCUT2D eigenvalue weighted by Crippen LogP contribution is 2.34. The third-order valence-electron chi connectivity index (χ3n) is 6.59. The van der Waals surface area contributed by atoms with Crippen LogP contribution in [0.1, 0.15) is 39.8 Å². The Kier molecular flexibility index (Phi) is 5.04. The number of benzene rings is 3. The van der Waals surface area contributed by atoms with Crippen LogP contribution in [0.25, 0.3) is 11.3 Å². The van der Waals surface area contributed by atoms with E-state index in [0.717, 1.165) is 43.4 Å². The van der Waals surface area contributed by atoms with Crippen molar-refractivity contribution in [3.8, 4) is 0 Å². The number of rotatable bonds is 6. The van der Waals surface area contributed by atoms with Gasteiger partial charge in [-0.2, -0.15) is 0 Å². The van der Waals surface area contributed by atoms with Crippen LogP contribution >= 0.6 is 0 Å². The molecule has 0 spiro atoms. The van der Waals surface area contributed by atoms with Gasteiger partial charge < -0.3 is 4.74 Å². The Balaban J connectivity index is 1.22. The van der Waals surface area contributed by atoms with Crippen molar-refractivity contribution in [3.05, 3.63) is 119 Å². The van der Waals surface area contributed by atoms with Gasteiger partial charge in [-0.1, -0.05) is 79.9 Å². The topological polar surface area (TPSA) is 9.23 Å². The predicted octanol–water partition coefficient (Wildman–Crippen LogP) is 6.66. The standard InChI is InChI=1S/C29H28O/c1-20(14-22-15-25-8-3-4-9-26(25)16-22)23-12-7-13-24(17-23)21(2)30-29-18-27-10-5-6-11-28(27)19-29/h3-13,17,22,29H,1-2,14-16,18-19H2. The lowest BCUT2D eigenvalue weighted by Crippen LogP contribution is -2.11. The summed E-state index contributed by atoms with van der Waals surface area (Å²) in [5.41, 5.74) is 9.26. The van der Waals surface area contributed by atoms with Crippen molar-refractivity contribution in [3.63, 3.8) is 0 Å². The first-order chi connectivity index (χ1) is 14.7. The van der Waals surface area contributed by atoms with Crippen LogP contribution in [-0.2, 0) is 30.4 Å². The molecular formula is C29H28O. The van der Waals surface area contributed by atoms with Gasteiger partial charge in [-0.25, -0.2) is 0 Å². The van der Waals surface area contributed by atoms with Crippen LogP contribution in [0.4, 0.5) is 0 Å². The first-order valence-electron chi connectivity index (χ1n) is 10.9. The van der Waals surface area contributed by atoms with Crippen molar-refractivity contribution in [1.29, 1.82) is 0 Å². The third-order valence-corrected chi connectivity index (χ3v) is 6.59. The van der Waals surface area contributed by atoms with E-state index in [1.54, 1.807) is 0 Å². The molecule has 2 aliphatic rings. The van der Waals surface area contributed by atoms with Gasteiger partial charge in [0.15, 0.2) is 0 Å². The van der Waals surface area contributed by atoms with E-state index in [-0.39, 0.29) is 6.10 Å². The Morgan fingerprint density at radius 2 is 1.23 bits per heavy atom.